The summed E-state index contributed by atoms with van der Waals surface area (Å²) < 4.78 is 0. The fraction of sp³-hybridized carbons (Fsp3) is 0.404. The molecular formula is C47H53N5O5. The molecule has 296 valence electrons. The van der Waals surface area contributed by atoms with E-state index in [1.165, 1.54) is 52.1 Å². The van der Waals surface area contributed by atoms with Crippen molar-refractivity contribution in [2.24, 2.45) is 5.92 Å². The fourth-order valence-corrected chi connectivity index (χ4v) is 9.67. The van der Waals surface area contributed by atoms with E-state index >= 15 is 0 Å². The first-order valence-corrected chi connectivity index (χ1v) is 20.6. The smallest absolute Gasteiger partial charge is 0.255 e. The molecular weight excluding hydrogens is 715 g/mol. The van der Waals surface area contributed by atoms with Gasteiger partial charge in [-0.25, -0.2) is 0 Å². The van der Waals surface area contributed by atoms with Gasteiger partial charge in [0.25, 0.3) is 5.91 Å². The minimum absolute atomic E-state index is 0.177. The highest BCUT2D eigenvalue weighted by molar-refractivity contribution is 6.06. The Morgan fingerprint density at radius 2 is 1.51 bits per heavy atom. The number of anilines is 2. The third kappa shape index (κ3) is 8.33. The number of hydrogen-bond donors (Lipinski definition) is 2. The van der Waals surface area contributed by atoms with E-state index in [0.717, 1.165) is 64.3 Å². The summed E-state index contributed by atoms with van der Waals surface area (Å²) in [5.74, 6) is 0.471. The molecule has 3 amide bonds. The highest BCUT2D eigenvalue weighted by Crippen LogP contribution is 2.47. The van der Waals surface area contributed by atoms with Crippen molar-refractivity contribution in [1.29, 1.82) is 0 Å². The van der Waals surface area contributed by atoms with Crippen LogP contribution in [0.2, 0.25) is 0 Å². The number of imide groups is 1. The van der Waals surface area contributed by atoms with Crippen LogP contribution in [0.4, 0.5) is 11.4 Å². The van der Waals surface area contributed by atoms with E-state index in [1.807, 2.05) is 18.2 Å². The number of rotatable bonds is 10. The first kappa shape index (κ1) is 38.4. The maximum atomic E-state index is 13.3. The summed E-state index contributed by atoms with van der Waals surface area (Å²) in [7, 11) is 1.54. The van der Waals surface area contributed by atoms with Crippen molar-refractivity contribution in [1.82, 2.24) is 15.1 Å². The lowest BCUT2D eigenvalue weighted by atomic mass is 9.69. The van der Waals surface area contributed by atoms with Crippen molar-refractivity contribution in [3.63, 3.8) is 0 Å². The van der Waals surface area contributed by atoms with Gasteiger partial charge in [-0.1, -0.05) is 48.5 Å². The quantitative estimate of drug-likeness (QED) is 0.142. The number of piperidine rings is 2. The van der Waals surface area contributed by atoms with E-state index in [4.69, 9.17) is 0 Å². The highest BCUT2D eigenvalue weighted by atomic mass is 16.3. The van der Waals surface area contributed by atoms with E-state index < -0.39 is 17.9 Å². The largest absolute Gasteiger partial charge is 0.508 e. The average Bonchev–Trinajstić information content (AvgIpc) is 3.25. The van der Waals surface area contributed by atoms with Crippen LogP contribution in [0.3, 0.4) is 0 Å². The number of likely N-dealkylation sites (N-methyl/N-ethyl adjacent to an activating group) is 1. The number of piperazine rings is 1. The van der Waals surface area contributed by atoms with E-state index in [1.54, 1.807) is 19.2 Å². The average molecular weight is 768 g/mol. The molecule has 1 aliphatic carbocycles. The Labute approximate surface area is 335 Å². The van der Waals surface area contributed by atoms with Crippen LogP contribution in [0.25, 0.3) is 0 Å². The van der Waals surface area contributed by atoms with Crippen LogP contribution in [0.5, 0.6) is 5.75 Å². The molecule has 8 rings (SSSR count). The summed E-state index contributed by atoms with van der Waals surface area (Å²) in [4.78, 5) is 58.0. The van der Waals surface area contributed by atoms with Crippen molar-refractivity contribution in [2.75, 3.05) is 62.7 Å². The number of aromatic hydroxyl groups is 1. The summed E-state index contributed by atoms with van der Waals surface area (Å²) in [6.45, 7) is 6.79. The Morgan fingerprint density at radius 3 is 2.23 bits per heavy atom. The van der Waals surface area contributed by atoms with Crippen molar-refractivity contribution in [2.45, 2.75) is 62.8 Å². The van der Waals surface area contributed by atoms with Gasteiger partial charge in [0.2, 0.25) is 11.8 Å². The molecule has 57 heavy (non-hydrogen) atoms. The number of fused-ring (bicyclic) bond motifs is 1. The van der Waals surface area contributed by atoms with Crippen LogP contribution in [-0.2, 0) is 16.0 Å². The molecule has 3 heterocycles. The van der Waals surface area contributed by atoms with Crippen LogP contribution in [-0.4, -0.2) is 97.8 Å². The lowest BCUT2D eigenvalue weighted by Gasteiger charge is -2.38. The maximum Gasteiger partial charge on any atom is 0.255 e. The summed E-state index contributed by atoms with van der Waals surface area (Å²) in [6.07, 6.45) is 6.75. The standard InChI is InChI=1S/C47H53N5O5/c1-49(43-17-18-44(55)48-46(43)56)47(57)42-15-12-38(29-36(42)31-53)52-27-25-50(26-28-52)22-19-32-20-23-51(24-21-32)37-10-7-34(8-11-37)45-40(33-5-3-2-4-6-33)14-9-35-30-39(54)13-16-41(35)45/h2-8,10-13,15-16,29-32,40,43,45,54H,9,14,17-28H2,1H3,(H,48,55,56). The van der Waals surface area contributed by atoms with Crippen LogP contribution >= 0.6 is 0 Å². The van der Waals surface area contributed by atoms with Crippen LogP contribution in [0.1, 0.15) is 93.3 Å². The Balaban J connectivity index is 0.816. The number of benzene rings is 4. The topological polar surface area (TPSA) is 114 Å². The summed E-state index contributed by atoms with van der Waals surface area (Å²) in [5, 5.41) is 12.5. The normalized spacial score (nSPS) is 21.8. The van der Waals surface area contributed by atoms with Crippen LogP contribution in [0.15, 0.2) is 91.0 Å². The van der Waals surface area contributed by atoms with Crippen LogP contribution < -0.4 is 15.1 Å². The van der Waals surface area contributed by atoms with Gasteiger partial charge in [-0.3, -0.25) is 29.4 Å². The summed E-state index contributed by atoms with van der Waals surface area (Å²) in [6, 6.07) is 30.7. The number of aldehydes is 1. The van der Waals surface area contributed by atoms with Gasteiger partial charge in [0.1, 0.15) is 11.8 Å². The summed E-state index contributed by atoms with van der Waals surface area (Å²) >= 11 is 0. The molecule has 3 aliphatic heterocycles. The molecule has 3 unspecified atom stereocenters. The van der Waals surface area contributed by atoms with E-state index in [9.17, 15) is 24.3 Å². The number of nitrogens with zero attached hydrogens (tertiary/aromatic N) is 4. The molecule has 4 aliphatic rings. The number of aryl methyl sites for hydroxylation is 1. The second kappa shape index (κ2) is 16.9. The number of carbonyl (C=O) groups is 4. The van der Waals surface area contributed by atoms with E-state index in [0.29, 0.717) is 29.4 Å². The van der Waals surface area contributed by atoms with Gasteiger partial charge in [-0.2, -0.15) is 0 Å². The zero-order valence-electron chi connectivity index (χ0n) is 32.8. The Kier molecular flexibility index (Phi) is 11.4. The highest BCUT2D eigenvalue weighted by Gasteiger charge is 2.34. The minimum atomic E-state index is -0.745. The van der Waals surface area contributed by atoms with Gasteiger partial charge in [0.05, 0.1) is 5.56 Å². The number of nitrogens with one attached hydrogen (secondary N) is 1. The minimum Gasteiger partial charge on any atom is -0.508 e. The first-order valence-electron chi connectivity index (χ1n) is 20.6. The van der Waals surface area contributed by atoms with Gasteiger partial charge < -0.3 is 19.8 Å². The number of carbonyl (C=O) groups excluding carboxylic acids is 4. The molecule has 2 N–H and O–H groups in total. The van der Waals surface area contributed by atoms with Crippen LogP contribution in [0, 0.1) is 5.92 Å². The lowest BCUT2D eigenvalue weighted by molar-refractivity contribution is -0.136. The lowest BCUT2D eigenvalue weighted by Crippen LogP contribution is -2.53. The van der Waals surface area contributed by atoms with Crippen molar-refractivity contribution < 1.29 is 24.3 Å². The number of phenolic OH excluding ortho intramolecular Hbond substituents is 1. The molecule has 10 heteroatoms. The predicted molar refractivity (Wildman–Crippen MR) is 222 cm³/mol. The van der Waals surface area contributed by atoms with E-state index in [2.05, 4.69) is 80.7 Å². The Morgan fingerprint density at radius 1 is 0.789 bits per heavy atom. The SMILES string of the molecule is CN(C(=O)c1ccc(N2CCN(CCC3CCN(c4ccc(C5c6ccc(O)cc6CCC5c5ccccc5)cc4)CC3)CC2)cc1C=O)C1CCC(=O)NC1=O. The van der Waals surface area contributed by atoms with Crippen molar-refractivity contribution in [3.05, 3.63) is 124 Å². The molecule has 4 aromatic carbocycles. The van der Waals surface area contributed by atoms with E-state index in [-0.39, 0.29) is 30.2 Å². The molecule has 3 fully saturated rings. The second-order valence-corrected chi connectivity index (χ2v) is 16.3. The predicted octanol–water partition coefficient (Wildman–Crippen LogP) is 6.37. The van der Waals surface area contributed by atoms with Gasteiger partial charge in [-0.05, 0) is 122 Å². The third-order valence-electron chi connectivity index (χ3n) is 13.0. The monoisotopic (exact) mass is 767 g/mol. The molecule has 4 aromatic rings. The third-order valence-corrected chi connectivity index (χ3v) is 13.0. The van der Waals surface area contributed by atoms with Gasteiger partial charge in [0.15, 0.2) is 6.29 Å². The first-order chi connectivity index (χ1) is 27.7. The fourth-order valence-electron chi connectivity index (χ4n) is 9.67. The molecule has 3 atom stereocenters. The van der Waals surface area contributed by atoms with Crippen molar-refractivity contribution in [3.8, 4) is 5.75 Å². The van der Waals surface area contributed by atoms with Gasteiger partial charge in [0, 0.05) is 75.6 Å². The molecule has 0 radical (unpaired) electrons. The van der Waals surface area contributed by atoms with Gasteiger partial charge >= 0.3 is 0 Å². The number of phenols is 1. The second-order valence-electron chi connectivity index (χ2n) is 16.3. The summed E-state index contributed by atoms with van der Waals surface area (Å²) in [5.41, 5.74) is 8.06. The molecule has 0 bridgehead atoms. The number of hydrogen-bond acceptors (Lipinski definition) is 8. The maximum absolute atomic E-state index is 13.3. The molecule has 0 saturated carbocycles. The Bertz CT molecular complexity index is 2090. The van der Waals surface area contributed by atoms with Crippen molar-refractivity contribution >= 4 is 35.4 Å². The zero-order chi connectivity index (χ0) is 39.5. The van der Waals surface area contributed by atoms with Gasteiger partial charge in [-0.15, -0.1) is 0 Å². The molecule has 10 nitrogen and oxygen atoms in total. The Hall–Kier alpha value is -5.48. The molecule has 0 spiro atoms. The molecule has 0 aromatic heterocycles. The molecule has 3 saturated heterocycles. The number of amides is 3. The zero-order valence-corrected chi connectivity index (χ0v) is 32.8.